The van der Waals surface area contributed by atoms with Gasteiger partial charge in [-0.15, -0.1) is 0 Å². The Labute approximate surface area is 162 Å². The van der Waals surface area contributed by atoms with Gasteiger partial charge in [0.25, 0.3) is 0 Å². The molecule has 0 radical (unpaired) electrons. The third-order valence-corrected chi connectivity index (χ3v) is 4.02. The Balaban J connectivity index is 1.75. The van der Waals surface area contributed by atoms with Crippen LogP contribution in [-0.2, 0) is 16.0 Å². The largest absolute Gasteiger partial charge is 0.379 e. The maximum atomic E-state index is 5.58. The molecule has 0 amide bonds. The lowest BCUT2D eigenvalue weighted by Gasteiger charge is -2.12. The first-order valence-electron chi connectivity index (χ1n) is 9.85. The second kappa shape index (κ2) is 13.1. The van der Waals surface area contributed by atoms with Crippen molar-refractivity contribution in [1.29, 1.82) is 0 Å². The van der Waals surface area contributed by atoms with Crippen molar-refractivity contribution >= 4 is 16.9 Å². The number of hydrogen-bond donors (Lipinski definition) is 2. The summed E-state index contributed by atoms with van der Waals surface area (Å²) in [6, 6.07) is 10.2. The van der Waals surface area contributed by atoms with Crippen LogP contribution in [0.2, 0.25) is 0 Å². The van der Waals surface area contributed by atoms with Crippen LogP contribution in [0.1, 0.15) is 32.3 Å². The zero-order valence-corrected chi connectivity index (χ0v) is 16.5. The van der Waals surface area contributed by atoms with E-state index in [4.69, 9.17) is 9.47 Å². The maximum absolute atomic E-state index is 5.58. The van der Waals surface area contributed by atoms with Gasteiger partial charge in [0.1, 0.15) is 0 Å². The molecule has 0 atom stereocenters. The number of para-hydroxylation sites is 1. The van der Waals surface area contributed by atoms with Gasteiger partial charge in [0.2, 0.25) is 0 Å². The van der Waals surface area contributed by atoms with Gasteiger partial charge in [-0.25, -0.2) is 4.99 Å². The van der Waals surface area contributed by atoms with Gasteiger partial charge in [-0.05, 0) is 25.0 Å². The van der Waals surface area contributed by atoms with Crippen molar-refractivity contribution in [3.8, 4) is 0 Å². The van der Waals surface area contributed by atoms with E-state index in [1.54, 1.807) is 0 Å². The van der Waals surface area contributed by atoms with Crippen LogP contribution in [0.5, 0.6) is 0 Å². The number of hydrogen-bond acceptors (Lipinski definition) is 4. The minimum atomic E-state index is 0.579. The fraction of sp³-hybridized carbons (Fsp3) is 0.524. The first-order chi connectivity index (χ1) is 13.3. The van der Waals surface area contributed by atoms with E-state index in [2.05, 4.69) is 52.7 Å². The summed E-state index contributed by atoms with van der Waals surface area (Å²) in [7, 11) is 0. The number of benzene rings is 1. The number of fused-ring (bicyclic) bond motifs is 1. The van der Waals surface area contributed by atoms with E-state index in [1.807, 2.05) is 18.3 Å². The standard InChI is InChI=1S/C21H32N4O2/c1-3-5-13-26-15-16-27-14-12-24-21(22-4-2)25-17-19-9-6-8-18-10-7-11-23-20(18)19/h6-11H,3-5,12-17H2,1-2H3,(H2,22,24,25). The molecule has 148 valence electrons. The molecule has 2 rings (SSSR count). The molecule has 0 fully saturated rings. The molecule has 2 N–H and O–H groups in total. The van der Waals surface area contributed by atoms with E-state index in [0.29, 0.717) is 32.9 Å². The number of aromatic nitrogens is 1. The molecule has 0 aliphatic rings. The third kappa shape index (κ3) is 7.93. The van der Waals surface area contributed by atoms with Crippen molar-refractivity contribution in [2.45, 2.75) is 33.2 Å². The molecule has 0 bridgehead atoms. The number of nitrogens with one attached hydrogen (secondary N) is 2. The van der Waals surface area contributed by atoms with Crippen LogP contribution in [0, 0.1) is 0 Å². The van der Waals surface area contributed by atoms with Crippen LogP contribution >= 0.6 is 0 Å². The predicted molar refractivity (Wildman–Crippen MR) is 111 cm³/mol. The van der Waals surface area contributed by atoms with Gasteiger partial charge in [-0.2, -0.15) is 0 Å². The van der Waals surface area contributed by atoms with Gasteiger partial charge in [0.15, 0.2) is 5.96 Å². The van der Waals surface area contributed by atoms with E-state index in [-0.39, 0.29) is 0 Å². The summed E-state index contributed by atoms with van der Waals surface area (Å²) < 4.78 is 11.1. The Kier molecular flexibility index (Phi) is 10.2. The highest BCUT2D eigenvalue weighted by atomic mass is 16.5. The second-order valence-corrected chi connectivity index (χ2v) is 6.19. The fourth-order valence-corrected chi connectivity index (χ4v) is 2.61. The molecule has 0 aliphatic carbocycles. The Morgan fingerprint density at radius 3 is 2.63 bits per heavy atom. The van der Waals surface area contributed by atoms with Crippen LogP contribution in [0.3, 0.4) is 0 Å². The summed E-state index contributed by atoms with van der Waals surface area (Å²) in [6.07, 6.45) is 4.09. The van der Waals surface area contributed by atoms with Crippen LogP contribution in [0.15, 0.2) is 41.5 Å². The fourth-order valence-electron chi connectivity index (χ4n) is 2.61. The van der Waals surface area contributed by atoms with Gasteiger partial charge in [-0.1, -0.05) is 37.6 Å². The number of unbranched alkanes of at least 4 members (excludes halogenated alkanes) is 1. The van der Waals surface area contributed by atoms with E-state index < -0.39 is 0 Å². The van der Waals surface area contributed by atoms with E-state index in [0.717, 1.165) is 48.4 Å². The van der Waals surface area contributed by atoms with E-state index in [9.17, 15) is 0 Å². The Bertz CT molecular complexity index is 685. The number of aliphatic imine (C=N–C) groups is 1. The minimum absolute atomic E-state index is 0.579. The normalized spacial score (nSPS) is 11.7. The molecule has 0 saturated heterocycles. The van der Waals surface area contributed by atoms with Crippen LogP contribution in [0.4, 0.5) is 0 Å². The summed E-state index contributed by atoms with van der Waals surface area (Å²) in [5.41, 5.74) is 2.12. The third-order valence-electron chi connectivity index (χ3n) is 4.02. The van der Waals surface area contributed by atoms with Crippen LogP contribution in [-0.4, -0.2) is 50.5 Å². The van der Waals surface area contributed by atoms with Gasteiger partial charge >= 0.3 is 0 Å². The topological polar surface area (TPSA) is 67.8 Å². The smallest absolute Gasteiger partial charge is 0.191 e. The summed E-state index contributed by atoms with van der Waals surface area (Å²) in [5, 5.41) is 7.70. The molecule has 1 aromatic heterocycles. The monoisotopic (exact) mass is 372 g/mol. The molecule has 0 saturated carbocycles. The Hall–Kier alpha value is -2.18. The molecule has 6 nitrogen and oxygen atoms in total. The van der Waals surface area contributed by atoms with Crippen molar-refractivity contribution in [1.82, 2.24) is 15.6 Å². The molecule has 2 aromatic rings. The molecule has 0 unspecified atom stereocenters. The first kappa shape index (κ1) is 21.1. The quantitative estimate of drug-likeness (QED) is 0.340. The van der Waals surface area contributed by atoms with E-state index >= 15 is 0 Å². The summed E-state index contributed by atoms with van der Waals surface area (Å²) in [5.74, 6) is 0.785. The van der Waals surface area contributed by atoms with Crippen LogP contribution in [0.25, 0.3) is 10.9 Å². The average molecular weight is 373 g/mol. The molecule has 0 spiro atoms. The van der Waals surface area contributed by atoms with Crippen LogP contribution < -0.4 is 10.6 Å². The lowest BCUT2D eigenvalue weighted by Crippen LogP contribution is -2.39. The van der Waals surface area contributed by atoms with Gasteiger partial charge in [-0.3, -0.25) is 4.98 Å². The summed E-state index contributed by atoms with van der Waals surface area (Å²) in [6.45, 7) is 9.03. The highest BCUT2D eigenvalue weighted by molar-refractivity contribution is 5.83. The predicted octanol–water partition coefficient (Wildman–Crippen LogP) is 3.12. The number of rotatable bonds is 12. The van der Waals surface area contributed by atoms with Crippen molar-refractivity contribution in [3.05, 3.63) is 42.1 Å². The van der Waals surface area contributed by atoms with Crippen molar-refractivity contribution in [2.75, 3.05) is 39.5 Å². The van der Waals surface area contributed by atoms with Gasteiger partial charge < -0.3 is 20.1 Å². The highest BCUT2D eigenvalue weighted by Crippen LogP contribution is 2.16. The number of guanidine groups is 1. The molecular weight excluding hydrogens is 340 g/mol. The first-order valence-corrected chi connectivity index (χ1v) is 9.85. The summed E-state index contributed by atoms with van der Waals surface area (Å²) >= 11 is 0. The molecule has 1 heterocycles. The minimum Gasteiger partial charge on any atom is -0.379 e. The zero-order valence-electron chi connectivity index (χ0n) is 16.5. The second-order valence-electron chi connectivity index (χ2n) is 6.19. The van der Waals surface area contributed by atoms with Gasteiger partial charge in [0.05, 0.1) is 31.9 Å². The molecule has 27 heavy (non-hydrogen) atoms. The molecule has 0 aliphatic heterocycles. The highest BCUT2D eigenvalue weighted by Gasteiger charge is 2.02. The Morgan fingerprint density at radius 2 is 1.81 bits per heavy atom. The van der Waals surface area contributed by atoms with Crippen molar-refractivity contribution in [3.63, 3.8) is 0 Å². The van der Waals surface area contributed by atoms with Crippen molar-refractivity contribution in [2.24, 2.45) is 4.99 Å². The summed E-state index contributed by atoms with van der Waals surface area (Å²) in [4.78, 5) is 9.16. The molecule has 1 aromatic carbocycles. The van der Waals surface area contributed by atoms with Gasteiger partial charge in [0, 0.05) is 31.3 Å². The maximum Gasteiger partial charge on any atom is 0.191 e. The number of pyridine rings is 1. The zero-order chi connectivity index (χ0) is 19.2. The molecule has 6 heteroatoms. The molecular formula is C21H32N4O2. The van der Waals surface area contributed by atoms with Crippen molar-refractivity contribution < 1.29 is 9.47 Å². The number of ether oxygens (including phenoxy) is 2. The SMILES string of the molecule is CCCCOCCOCCNC(=NCc1cccc2cccnc12)NCC. The lowest BCUT2D eigenvalue weighted by molar-refractivity contribution is 0.0487. The number of nitrogens with zero attached hydrogens (tertiary/aromatic N) is 2. The average Bonchev–Trinajstić information content (AvgIpc) is 2.70. The Morgan fingerprint density at radius 1 is 1.00 bits per heavy atom. The lowest BCUT2D eigenvalue weighted by atomic mass is 10.1. The van der Waals surface area contributed by atoms with E-state index in [1.165, 1.54) is 0 Å².